The van der Waals surface area contributed by atoms with Gasteiger partial charge in [-0.2, -0.15) is 0 Å². The minimum Gasteiger partial charge on any atom is -0.494 e. The van der Waals surface area contributed by atoms with Crippen LogP contribution in [0.25, 0.3) is 22.0 Å². The number of hydrogen-bond donors (Lipinski definition) is 1. The molecule has 0 unspecified atom stereocenters. The lowest BCUT2D eigenvalue weighted by Gasteiger charge is -2.08. The van der Waals surface area contributed by atoms with Crippen LogP contribution in [-0.4, -0.2) is 19.6 Å². The Bertz CT molecular complexity index is 1330. The lowest BCUT2D eigenvalue weighted by atomic mass is 10.0. The van der Waals surface area contributed by atoms with Crippen molar-refractivity contribution in [2.24, 2.45) is 0 Å². The first-order valence-corrected chi connectivity index (χ1v) is 10.1. The summed E-state index contributed by atoms with van der Waals surface area (Å²) in [5, 5.41) is 12.7. The van der Waals surface area contributed by atoms with E-state index in [4.69, 9.17) is 4.74 Å². The van der Waals surface area contributed by atoms with Gasteiger partial charge in [-0.1, -0.05) is 24.3 Å². The van der Waals surface area contributed by atoms with Crippen LogP contribution in [0.3, 0.4) is 0 Å². The number of aromatic hydroxyl groups is 1. The number of nitrogens with zero attached hydrogens (tertiary/aromatic N) is 3. The molecule has 0 aliphatic carbocycles. The summed E-state index contributed by atoms with van der Waals surface area (Å²) >= 11 is 0. The van der Waals surface area contributed by atoms with Gasteiger partial charge in [0.2, 0.25) is 5.88 Å². The Hall–Kier alpha value is -4.12. The lowest BCUT2D eigenvalue weighted by Crippen LogP contribution is -1.97. The third-order valence-electron chi connectivity index (χ3n) is 5.25. The van der Waals surface area contributed by atoms with Crippen LogP contribution in [0, 0.1) is 6.92 Å². The summed E-state index contributed by atoms with van der Waals surface area (Å²) in [6.45, 7) is 2.57. The predicted molar refractivity (Wildman–Crippen MR) is 121 cm³/mol. The second kappa shape index (κ2) is 7.95. The van der Waals surface area contributed by atoms with E-state index in [-0.39, 0.29) is 5.88 Å². The molecule has 152 valence electrons. The van der Waals surface area contributed by atoms with Gasteiger partial charge in [-0.15, -0.1) is 0 Å². The van der Waals surface area contributed by atoms with E-state index in [1.807, 2.05) is 78.4 Å². The van der Waals surface area contributed by atoms with Crippen LogP contribution < -0.4 is 4.74 Å². The molecule has 3 heterocycles. The van der Waals surface area contributed by atoms with Crippen molar-refractivity contribution in [2.45, 2.75) is 13.5 Å². The van der Waals surface area contributed by atoms with Crippen molar-refractivity contribution in [3.8, 4) is 28.8 Å². The molecule has 0 saturated carbocycles. The van der Waals surface area contributed by atoms with Gasteiger partial charge in [-0.3, -0.25) is 4.98 Å². The molecule has 0 aliphatic heterocycles. The van der Waals surface area contributed by atoms with Gasteiger partial charge < -0.3 is 14.4 Å². The summed E-state index contributed by atoms with van der Waals surface area (Å²) < 4.78 is 7.62. The van der Waals surface area contributed by atoms with Crippen molar-refractivity contribution in [3.63, 3.8) is 0 Å². The molecule has 0 saturated heterocycles. The summed E-state index contributed by atoms with van der Waals surface area (Å²) in [6.07, 6.45) is 5.48. The summed E-state index contributed by atoms with van der Waals surface area (Å²) in [7, 11) is 0. The first-order valence-electron chi connectivity index (χ1n) is 10.1. The Morgan fingerprint density at radius 3 is 2.39 bits per heavy atom. The average molecular weight is 407 g/mol. The number of fused-ring (bicyclic) bond motifs is 1. The highest BCUT2D eigenvalue weighted by atomic mass is 16.5. The van der Waals surface area contributed by atoms with Gasteiger partial charge >= 0.3 is 0 Å². The van der Waals surface area contributed by atoms with Gasteiger partial charge in [0.25, 0.3) is 0 Å². The molecule has 0 radical (unpaired) electrons. The van der Waals surface area contributed by atoms with Crippen LogP contribution in [-0.2, 0) is 6.54 Å². The number of hydrogen-bond acceptors (Lipinski definition) is 4. The Morgan fingerprint density at radius 2 is 1.68 bits per heavy atom. The van der Waals surface area contributed by atoms with Gasteiger partial charge in [0.1, 0.15) is 5.75 Å². The van der Waals surface area contributed by atoms with Crippen LogP contribution >= 0.6 is 0 Å². The quantitative estimate of drug-likeness (QED) is 0.391. The predicted octanol–water partition coefficient (Wildman–Crippen LogP) is 5.95. The van der Waals surface area contributed by atoms with E-state index >= 15 is 0 Å². The van der Waals surface area contributed by atoms with Crippen molar-refractivity contribution in [3.05, 3.63) is 103 Å². The largest absolute Gasteiger partial charge is 0.494 e. The van der Waals surface area contributed by atoms with E-state index in [0.717, 1.165) is 38.9 Å². The zero-order valence-corrected chi connectivity index (χ0v) is 17.1. The van der Waals surface area contributed by atoms with Gasteiger partial charge in [0.15, 0.2) is 5.88 Å². The van der Waals surface area contributed by atoms with Gasteiger partial charge in [-0.05, 0) is 60.5 Å². The van der Waals surface area contributed by atoms with Gasteiger partial charge in [0, 0.05) is 41.0 Å². The SMILES string of the molecule is Cc1cc(-c2ccccn2)cc2cn(Cc3ccc(Oc4ccccn4)cc3)c(O)c12. The topological polar surface area (TPSA) is 60.2 Å². The summed E-state index contributed by atoms with van der Waals surface area (Å²) in [6, 6.07) is 23.4. The number of aromatic nitrogens is 3. The van der Waals surface area contributed by atoms with Crippen molar-refractivity contribution in [1.29, 1.82) is 0 Å². The third-order valence-corrected chi connectivity index (χ3v) is 5.25. The van der Waals surface area contributed by atoms with Crippen LogP contribution in [0.15, 0.2) is 91.4 Å². The van der Waals surface area contributed by atoms with Crippen LogP contribution in [0.5, 0.6) is 17.5 Å². The second-order valence-electron chi connectivity index (χ2n) is 7.47. The Labute approximate surface area is 180 Å². The highest BCUT2D eigenvalue weighted by Crippen LogP contribution is 2.34. The molecule has 5 nitrogen and oxygen atoms in total. The number of benzene rings is 2. The van der Waals surface area contributed by atoms with Crippen LogP contribution in [0.2, 0.25) is 0 Å². The first kappa shape index (κ1) is 18.9. The average Bonchev–Trinajstić information content (AvgIpc) is 3.12. The van der Waals surface area contributed by atoms with E-state index < -0.39 is 0 Å². The van der Waals surface area contributed by atoms with Gasteiger partial charge in [0.05, 0.1) is 12.2 Å². The standard InChI is InChI=1S/C26H21N3O2/c1-18-14-20(23-6-2-4-12-27-23)15-21-17-29(26(30)25(18)21)16-19-8-10-22(11-9-19)31-24-7-3-5-13-28-24/h2-15,17,30H,16H2,1H3. The van der Waals surface area contributed by atoms with Crippen molar-refractivity contribution in [2.75, 3.05) is 0 Å². The molecule has 0 atom stereocenters. The molecule has 0 spiro atoms. The second-order valence-corrected chi connectivity index (χ2v) is 7.47. The molecule has 5 heteroatoms. The third kappa shape index (κ3) is 3.85. The zero-order chi connectivity index (χ0) is 21.2. The Kier molecular flexibility index (Phi) is 4.84. The fraction of sp³-hybridized carbons (Fsp3) is 0.0769. The highest BCUT2D eigenvalue weighted by molar-refractivity contribution is 5.94. The summed E-state index contributed by atoms with van der Waals surface area (Å²) in [4.78, 5) is 8.62. The number of pyridine rings is 2. The van der Waals surface area contributed by atoms with Crippen molar-refractivity contribution < 1.29 is 9.84 Å². The smallest absolute Gasteiger partial charge is 0.219 e. The minimum absolute atomic E-state index is 0.272. The Morgan fingerprint density at radius 1 is 0.903 bits per heavy atom. The lowest BCUT2D eigenvalue weighted by molar-refractivity contribution is 0.430. The molecule has 0 bridgehead atoms. The molecule has 2 aromatic carbocycles. The van der Waals surface area contributed by atoms with Crippen LogP contribution in [0.4, 0.5) is 0 Å². The molecule has 3 aromatic heterocycles. The van der Waals surface area contributed by atoms with E-state index in [1.165, 1.54) is 0 Å². The maximum absolute atomic E-state index is 10.9. The first-order chi connectivity index (χ1) is 15.2. The van der Waals surface area contributed by atoms with E-state index in [9.17, 15) is 5.11 Å². The molecule has 5 rings (SSSR count). The van der Waals surface area contributed by atoms with E-state index in [2.05, 4.69) is 22.1 Å². The number of aryl methyl sites for hydroxylation is 1. The fourth-order valence-corrected chi connectivity index (χ4v) is 3.78. The minimum atomic E-state index is 0.272. The summed E-state index contributed by atoms with van der Waals surface area (Å²) in [5.74, 6) is 1.55. The zero-order valence-electron chi connectivity index (χ0n) is 17.1. The molecule has 0 aliphatic rings. The normalized spacial score (nSPS) is 11.0. The number of rotatable bonds is 5. The molecule has 1 N–H and O–H groups in total. The molecule has 0 fully saturated rings. The van der Waals surface area contributed by atoms with E-state index in [0.29, 0.717) is 12.4 Å². The molecule has 0 amide bonds. The van der Waals surface area contributed by atoms with E-state index in [1.54, 1.807) is 12.4 Å². The van der Waals surface area contributed by atoms with Crippen LogP contribution in [0.1, 0.15) is 11.1 Å². The summed E-state index contributed by atoms with van der Waals surface area (Å²) in [5.41, 5.74) is 4.04. The van der Waals surface area contributed by atoms with Gasteiger partial charge in [-0.25, -0.2) is 4.98 Å². The molecule has 31 heavy (non-hydrogen) atoms. The maximum atomic E-state index is 10.9. The highest BCUT2D eigenvalue weighted by Gasteiger charge is 2.13. The molecular weight excluding hydrogens is 386 g/mol. The maximum Gasteiger partial charge on any atom is 0.219 e. The fourth-order valence-electron chi connectivity index (χ4n) is 3.78. The molecular formula is C26H21N3O2. The van der Waals surface area contributed by atoms with Crippen molar-refractivity contribution in [1.82, 2.24) is 14.5 Å². The number of ether oxygens (including phenoxy) is 1. The Balaban J connectivity index is 1.41. The molecule has 5 aromatic rings. The van der Waals surface area contributed by atoms with Crippen molar-refractivity contribution >= 4 is 10.8 Å². The monoisotopic (exact) mass is 407 g/mol.